The van der Waals surface area contributed by atoms with Crippen molar-refractivity contribution in [1.82, 2.24) is 4.98 Å². The van der Waals surface area contributed by atoms with E-state index in [1.807, 2.05) is 18.2 Å². The van der Waals surface area contributed by atoms with Gasteiger partial charge in [-0.05, 0) is 39.9 Å². The lowest BCUT2D eigenvalue weighted by atomic mass is 9.92. The van der Waals surface area contributed by atoms with Gasteiger partial charge in [-0.2, -0.15) is 0 Å². The minimum atomic E-state index is 0.374. The van der Waals surface area contributed by atoms with Gasteiger partial charge in [0, 0.05) is 6.54 Å². The van der Waals surface area contributed by atoms with Crippen LogP contribution in [-0.4, -0.2) is 11.5 Å². The molecule has 0 aliphatic rings. The van der Waals surface area contributed by atoms with Crippen LogP contribution in [0, 0.1) is 5.41 Å². The van der Waals surface area contributed by atoms with Gasteiger partial charge >= 0.3 is 0 Å². The molecule has 0 saturated heterocycles. The highest BCUT2D eigenvalue weighted by molar-refractivity contribution is 9.10. The highest BCUT2D eigenvalue weighted by Gasteiger charge is 2.08. The van der Waals surface area contributed by atoms with Gasteiger partial charge in [0.15, 0.2) is 0 Å². The fourth-order valence-corrected chi connectivity index (χ4v) is 1.42. The van der Waals surface area contributed by atoms with E-state index < -0.39 is 0 Å². The van der Waals surface area contributed by atoms with E-state index in [2.05, 4.69) is 47.0 Å². The Kier molecular flexibility index (Phi) is 3.93. The molecule has 78 valence electrons. The van der Waals surface area contributed by atoms with Crippen LogP contribution < -0.4 is 5.32 Å². The van der Waals surface area contributed by atoms with Gasteiger partial charge in [-0.15, -0.1) is 0 Å². The molecular weight excluding hydrogens is 240 g/mol. The molecule has 0 fully saturated rings. The number of pyridine rings is 1. The van der Waals surface area contributed by atoms with Crippen LogP contribution in [0.3, 0.4) is 0 Å². The van der Waals surface area contributed by atoms with Gasteiger partial charge in [0.25, 0.3) is 0 Å². The van der Waals surface area contributed by atoms with Crippen molar-refractivity contribution in [3.05, 3.63) is 22.8 Å². The summed E-state index contributed by atoms with van der Waals surface area (Å²) in [5.74, 6) is 0.934. The van der Waals surface area contributed by atoms with E-state index in [1.165, 1.54) is 0 Å². The van der Waals surface area contributed by atoms with Crippen molar-refractivity contribution in [2.75, 3.05) is 11.9 Å². The molecule has 0 atom stereocenters. The summed E-state index contributed by atoms with van der Waals surface area (Å²) >= 11 is 3.34. The summed E-state index contributed by atoms with van der Waals surface area (Å²) in [6, 6.07) is 5.89. The maximum atomic E-state index is 4.30. The van der Waals surface area contributed by atoms with Gasteiger partial charge < -0.3 is 5.32 Å². The second-order valence-electron chi connectivity index (χ2n) is 4.58. The smallest absolute Gasteiger partial charge is 0.127 e. The standard InChI is InChI=1S/C11H17BrN2/c1-11(2,3)7-8-13-10-6-4-5-9(12)14-10/h4-6H,7-8H2,1-3H3,(H,13,14). The van der Waals surface area contributed by atoms with E-state index >= 15 is 0 Å². The molecule has 0 unspecified atom stereocenters. The van der Waals surface area contributed by atoms with Crippen molar-refractivity contribution in [3.63, 3.8) is 0 Å². The maximum absolute atomic E-state index is 4.30. The predicted molar refractivity (Wildman–Crippen MR) is 64.5 cm³/mol. The van der Waals surface area contributed by atoms with Gasteiger partial charge in [0.1, 0.15) is 10.4 Å². The summed E-state index contributed by atoms with van der Waals surface area (Å²) in [7, 11) is 0. The van der Waals surface area contributed by atoms with Crippen LogP contribution >= 0.6 is 15.9 Å². The van der Waals surface area contributed by atoms with Gasteiger partial charge in [-0.25, -0.2) is 4.98 Å². The molecule has 1 N–H and O–H groups in total. The molecule has 1 aromatic heterocycles. The molecule has 0 aliphatic carbocycles. The fourth-order valence-electron chi connectivity index (χ4n) is 1.07. The zero-order valence-corrected chi connectivity index (χ0v) is 10.6. The van der Waals surface area contributed by atoms with Gasteiger partial charge in [-0.3, -0.25) is 0 Å². The average Bonchev–Trinajstić information content (AvgIpc) is 2.01. The zero-order chi connectivity index (χ0) is 10.6. The quantitative estimate of drug-likeness (QED) is 0.835. The maximum Gasteiger partial charge on any atom is 0.127 e. The number of hydrogen-bond acceptors (Lipinski definition) is 2. The molecule has 0 aromatic carbocycles. The summed E-state index contributed by atoms with van der Waals surface area (Å²) < 4.78 is 0.873. The second-order valence-corrected chi connectivity index (χ2v) is 5.40. The Morgan fingerprint density at radius 3 is 2.64 bits per heavy atom. The summed E-state index contributed by atoms with van der Waals surface area (Å²) in [6.45, 7) is 7.68. The number of aromatic nitrogens is 1. The van der Waals surface area contributed by atoms with Crippen LogP contribution in [0.15, 0.2) is 22.8 Å². The summed E-state index contributed by atoms with van der Waals surface area (Å²) in [4.78, 5) is 4.30. The van der Waals surface area contributed by atoms with E-state index in [9.17, 15) is 0 Å². The number of hydrogen-bond donors (Lipinski definition) is 1. The summed E-state index contributed by atoms with van der Waals surface area (Å²) in [6.07, 6.45) is 1.14. The Morgan fingerprint density at radius 1 is 1.36 bits per heavy atom. The van der Waals surface area contributed by atoms with Gasteiger partial charge in [0.2, 0.25) is 0 Å². The monoisotopic (exact) mass is 256 g/mol. The number of rotatable bonds is 3. The van der Waals surface area contributed by atoms with Gasteiger partial charge in [0.05, 0.1) is 0 Å². The predicted octanol–water partition coefficient (Wildman–Crippen LogP) is 3.69. The van der Waals surface area contributed by atoms with E-state index in [-0.39, 0.29) is 0 Å². The number of anilines is 1. The molecule has 1 aromatic rings. The average molecular weight is 257 g/mol. The topological polar surface area (TPSA) is 24.9 Å². The van der Waals surface area contributed by atoms with Crippen LogP contribution in [0.5, 0.6) is 0 Å². The van der Waals surface area contributed by atoms with Crippen LogP contribution in [0.2, 0.25) is 0 Å². The van der Waals surface area contributed by atoms with Crippen molar-refractivity contribution in [2.45, 2.75) is 27.2 Å². The number of halogens is 1. The normalized spacial score (nSPS) is 11.4. The number of nitrogens with one attached hydrogen (secondary N) is 1. The molecule has 0 bridgehead atoms. The molecule has 1 rings (SSSR count). The van der Waals surface area contributed by atoms with E-state index in [0.717, 1.165) is 23.4 Å². The van der Waals surface area contributed by atoms with Crippen molar-refractivity contribution >= 4 is 21.7 Å². The molecular formula is C11H17BrN2. The summed E-state index contributed by atoms with van der Waals surface area (Å²) in [5.41, 5.74) is 0.374. The minimum Gasteiger partial charge on any atom is -0.370 e. The first-order chi connectivity index (χ1) is 6.47. The summed E-state index contributed by atoms with van der Waals surface area (Å²) in [5, 5.41) is 3.30. The molecule has 2 nitrogen and oxygen atoms in total. The first-order valence-corrected chi connectivity index (χ1v) is 5.63. The Bertz CT molecular complexity index is 292. The lowest BCUT2D eigenvalue weighted by Gasteiger charge is -2.18. The zero-order valence-electron chi connectivity index (χ0n) is 8.97. The van der Waals surface area contributed by atoms with Crippen molar-refractivity contribution in [1.29, 1.82) is 0 Å². The molecule has 14 heavy (non-hydrogen) atoms. The van der Waals surface area contributed by atoms with E-state index in [0.29, 0.717) is 5.41 Å². The highest BCUT2D eigenvalue weighted by Crippen LogP contribution is 2.18. The van der Waals surface area contributed by atoms with Crippen LogP contribution in [0.1, 0.15) is 27.2 Å². The molecule has 1 heterocycles. The minimum absolute atomic E-state index is 0.374. The van der Waals surface area contributed by atoms with Crippen molar-refractivity contribution in [3.8, 4) is 0 Å². The molecule has 0 saturated carbocycles. The highest BCUT2D eigenvalue weighted by atomic mass is 79.9. The van der Waals surface area contributed by atoms with Crippen LogP contribution in [0.4, 0.5) is 5.82 Å². The third kappa shape index (κ3) is 4.61. The Balaban J connectivity index is 2.39. The molecule has 3 heteroatoms. The molecule has 0 amide bonds. The van der Waals surface area contributed by atoms with E-state index in [4.69, 9.17) is 0 Å². The van der Waals surface area contributed by atoms with Crippen LogP contribution in [-0.2, 0) is 0 Å². The number of nitrogens with zero attached hydrogens (tertiary/aromatic N) is 1. The SMILES string of the molecule is CC(C)(C)CCNc1cccc(Br)n1. The Hall–Kier alpha value is -0.570. The van der Waals surface area contributed by atoms with Gasteiger partial charge in [-0.1, -0.05) is 26.8 Å². The van der Waals surface area contributed by atoms with Crippen molar-refractivity contribution < 1.29 is 0 Å². The molecule has 0 radical (unpaired) electrons. The molecule has 0 spiro atoms. The first-order valence-electron chi connectivity index (χ1n) is 4.84. The molecule has 0 aliphatic heterocycles. The Morgan fingerprint density at radius 2 is 2.07 bits per heavy atom. The first kappa shape index (κ1) is 11.5. The lowest BCUT2D eigenvalue weighted by molar-refractivity contribution is 0.389. The third-order valence-electron chi connectivity index (χ3n) is 1.90. The Labute approximate surface area is 94.3 Å². The second kappa shape index (κ2) is 4.78. The fraction of sp³-hybridized carbons (Fsp3) is 0.545. The lowest BCUT2D eigenvalue weighted by Crippen LogP contribution is -2.13. The largest absolute Gasteiger partial charge is 0.370 e. The van der Waals surface area contributed by atoms with E-state index in [1.54, 1.807) is 0 Å². The van der Waals surface area contributed by atoms with Crippen LogP contribution in [0.25, 0.3) is 0 Å². The third-order valence-corrected chi connectivity index (χ3v) is 2.34. The van der Waals surface area contributed by atoms with Crippen molar-refractivity contribution in [2.24, 2.45) is 5.41 Å².